The van der Waals surface area contributed by atoms with Crippen molar-refractivity contribution in [2.24, 2.45) is 11.8 Å². The summed E-state index contributed by atoms with van der Waals surface area (Å²) in [5, 5.41) is 3.64. The van der Waals surface area contributed by atoms with Crippen LogP contribution in [0.5, 0.6) is 0 Å². The van der Waals surface area contributed by atoms with Gasteiger partial charge in [-0.15, -0.1) is 0 Å². The lowest BCUT2D eigenvalue weighted by Gasteiger charge is -2.37. The highest BCUT2D eigenvalue weighted by molar-refractivity contribution is 4.85. The lowest BCUT2D eigenvalue weighted by molar-refractivity contribution is 0.180. The van der Waals surface area contributed by atoms with Crippen LogP contribution in [0.3, 0.4) is 0 Å². The van der Waals surface area contributed by atoms with Crippen LogP contribution in [-0.2, 0) is 0 Å². The van der Waals surface area contributed by atoms with Gasteiger partial charge >= 0.3 is 0 Å². The van der Waals surface area contributed by atoms with Crippen LogP contribution in [-0.4, -0.2) is 13.1 Å². The summed E-state index contributed by atoms with van der Waals surface area (Å²) in [6.07, 6.45) is 14.8. The monoisotopic (exact) mass is 209 g/mol. The molecule has 2 saturated carbocycles. The van der Waals surface area contributed by atoms with E-state index in [1.165, 1.54) is 64.2 Å². The Morgan fingerprint density at radius 3 is 1.47 bits per heavy atom. The van der Waals surface area contributed by atoms with Gasteiger partial charge in [-0.25, -0.2) is 0 Å². The average Bonchev–Trinajstić information content (AvgIpc) is 2.33. The minimum atomic E-state index is 0.839. The highest BCUT2D eigenvalue weighted by Crippen LogP contribution is 2.35. The van der Waals surface area contributed by atoms with Crippen LogP contribution in [0.15, 0.2) is 0 Å². The molecule has 0 bridgehead atoms. The molecular formula is C14H27N. The van der Waals surface area contributed by atoms with Crippen LogP contribution in [0.1, 0.15) is 64.2 Å². The molecule has 0 amide bonds. The summed E-state index contributed by atoms with van der Waals surface area (Å²) < 4.78 is 0. The predicted octanol–water partition coefficient (Wildman–Crippen LogP) is 3.74. The van der Waals surface area contributed by atoms with Gasteiger partial charge in [0.15, 0.2) is 0 Å². The second kappa shape index (κ2) is 5.89. The Labute approximate surface area is 95.0 Å². The van der Waals surface area contributed by atoms with Gasteiger partial charge in [-0.05, 0) is 44.6 Å². The van der Waals surface area contributed by atoms with Crippen molar-refractivity contribution in [3.63, 3.8) is 0 Å². The molecule has 2 rings (SSSR count). The first kappa shape index (κ1) is 11.4. The van der Waals surface area contributed by atoms with Crippen molar-refractivity contribution in [3.05, 3.63) is 0 Å². The zero-order valence-corrected chi connectivity index (χ0v) is 10.3. The summed E-state index contributed by atoms with van der Waals surface area (Å²) in [5.41, 5.74) is 0. The summed E-state index contributed by atoms with van der Waals surface area (Å²) in [6, 6.07) is 0.839. The van der Waals surface area contributed by atoms with E-state index < -0.39 is 0 Å². The molecule has 2 aliphatic carbocycles. The van der Waals surface area contributed by atoms with Crippen LogP contribution < -0.4 is 5.32 Å². The molecule has 0 unspecified atom stereocenters. The molecule has 0 spiro atoms. The van der Waals surface area contributed by atoms with Gasteiger partial charge < -0.3 is 5.32 Å². The van der Waals surface area contributed by atoms with Gasteiger partial charge in [-0.3, -0.25) is 0 Å². The van der Waals surface area contributed by atoms with Crippen molar-refractivity contribution in [2.45, 2.75) is 70.3 Å². The first-order chi connectivity index (χ1) is 7.42. The van der Waals surface area contributed by atoms with Crippen LogP contribution in [0.25, 0.3) is 0 Å². The second-order valence-electron chi connectivity index (χ2n) is 5.61. The van der Waals surface area contributed by atoms with E-state index in [2.05, 4.69) is 12.4 Å². The van der Waals surface area contributed by atoms with E-state index in [1.807, 2.05) is 0 Å². The number of hydrogen-bond donors (Lipinski definition) is 1. The average molecular weight is 209 g/mol. The molecule has 15 heavy (non-hydrogen) atoms. The molecular weight excluding hydrogens is 182 g/mol. The number of nitrogens with one attached hydrogen (secondary N) is 1. The molecule has 0 atom stereocenters. The van der Waals surface area contributed by atoms with E-state index in [1.54, 1.807) is 0 Å². The SMILES string of the molecule is CNC(C1CCCCC1)C1CCCCC1. The maximum absolute atomic E-state index is 3.64. The largest absolute Gasteiger partial charge is 0.316 e. The molecule has 1 nitrogen and oxygen atoms in total. The Balaban J connectivity index is 1.88. The third-order valence-corrected chi connectivity index (χ3v) is 4.65. The van der Waals surface area contributed by atoms with Gasteiger partial charge in [0, 0.05) is 6.04 Å². The molecule has 1 heteroatoms. The van der Waals surface area contributed by atoms with E-state index in [0.717, 1.165) is 17.9 Å². The van der Waals surface area contributed by atoms with Crippen molar-refractivity contribution >= 4 is 0 Å². The Morgan fingerprint density at radius 2 is 1.13 bits per heavy atom. The molecule has 0 radical (unpaired) electrons. The highest BCUT2D eigenvalue weighted by Gasteiger charge is 2.29. The van der Waals surface area contributed by atoms with Crippen molar-refractivity contribution in [2.75, 3.05) is 7.05 Å². The van der Waals surface area contributed by atoms with Crippen molar-refractivity contribution in [1.82, 2.24) is 5.32 Å². The summed E-state index contributed by atoms with van der Waals surface area (Å²) in [6.45, 7) is 0. The molecule has 2 aliphatic rings. The summed E-state index contributed by atoms with van der Waals surface area (Å²) in [5.74, 6) is 1.98. The van der Waals surface area contributed by atoms with Gasteiger partial charge in [0.25, 0.3) is 0 Å². The first-order valence-corrected chi connectivity index (χ1v) is 7.09. The summed E-state index contributed by atoms with van der Waals surface area (Å²) in [4.78, 5) is 0. The molecule has 0 heterocycles. The molecule has 0 aliphatic heterocycles. The van der Waals surface area contributed by atoms with Crippen molar-refractivity contribution < 1.29 is 0 Å². The van der Waals surface area contributed by atoms with Crippen LogP contribution >= 0.6 is 0 Å². The topological polar surface area (TPSA) is 12.0 Å². The summed E-state index contributed by atoms with van der Waals surface area (Å²) in [7, 11) is 2.19. The van der Waals surface area contributed by atoms with Gasteiger partial charge in [-0.2, -0.15) is 0 Å². The van der Waals surface area contributed by atoms with Crippen molar-refractivity contribution in [3.8, 4) is 0 Å². The quantitative estimate of drug-likeness (QED) is 0.746. The Morgan fingerprint density at radius 1 is 0.733 bits per heavy atom. The fourth-order valence-electron chi connectivity index (χ4n) is 3.84. The molecule has 0 aromatic rings. The smallest absolute Gasteiger partial charge is 0.0121 e. The van der Waals surface area contributed by atoms with Crippen LogP contribution in [0, 0.1) is 11.8 Å². The molecule has 0 aromatic carbocycles. The minimum Gasteiger partial charge on any atom is -0.316 e. The minimum absolute atomic E-state index is 0.839. The summed E-state index contributed by atoms with van der Waals surface area (Å²) >= 11 is 0. The van der Waals surface area contributed by atoms with Gasteiger partial charge in [0.2, 0.25) is 0 Å². The predicted molar refractivity (Wildman–Crippen MR) is 66.0 cm³/mol. The normalized spacial score (nSPS) is 26.0. The number of hydrogen-bond acceptors (Lipinski definition) is 1. The van der Waals surface area contributed by atoms with Gasteiger partial charge in [-0.1, -0.05) is 38.5 Å². The zero-order valence-electron chi connectivity index (χ0n) is 10.3. The van der Waals surface area contributed by atoms with E-state index in [9.17, 15) is 0 Å². The van der Waals surface area contributed by atoms with Crippen LogP contribution in [0.4, 0.5) is 0 Å². The maximum atomic E-state index is 3.64. The fraction of sp³-hybridized carbons (Fsp3) is 1.00. The zero-order chi connectivity index (χ0) is 10.5. The molecule has 0 aromatic heterocycles. The van der Waals surface area contributed by atoms with E-state index in [4.69, 9.17) is 0 Å². The van der Waals surface area contributed by atoms with Crippen LogP contribution in [0.2, 0.25) is 0 Å². The lowest BCUT2D eigenvalue weighted by Crippen LogP contribution is -2.41. The third-order valence-electron chi connectivity index (χ3n) is 4.65. The Bertz CT molecular complexity index is 148. The Hall–Kier alpha value is -0.0400. The first-order valence-electron chi connectivity index (χ1n) is 7.09. The lowest BCUT2D eigenvalue weighted by atomic mass is 9.74. The van der Waals surface area contributed by atoms with E-state index in [-0.39, 0.29) is 0 Å². The third kappa shape index (κ3) is 2.96. The number of rotatable bonds is 3. The molecule has 0 saturated heterocycles. The second-order valence-corrected chi connectivity index (χ2v) is 5.61. The van der Waals surface area contributed by atoms with Crippen molar-refractivity contribution in [1.29, 1.82) is 0 Å². The maximum Gasteiger partial charge on any atom is 0.0121 e. The standard InChI is InChI=1S/C14H27N/c1-15-14(12-8-4-2-5-9-12)13-10-6-3-7-11-13/h12-15H,2-11H2,1H3. The van der Waals surface area contributed by atoms with E-state index in [0.29, 0.717) is 0 Å². The molecule has 2 fully saturated rings. The molecule has 88 valence electrons. The fourth-order valence-corrected chi connectivity index (χ4v) is 3.84. The van der Waals surface area contributed by atoms with E-state index >= 15 is 0 Å². The highest BCUT2D eigenvalue weighted by atomic mass is 14.9. The van der Waals surface area contributed by atoms with Gasteiger partial charge in [0.1, 0.15) is 0 Å². The Kier molecular flexibility index (Phi) is 4.49. The van der Waals surface area contributed by atoms with Gasteiger partial charge in [0.05, 0.1) is 0 Å². The molecule has 1 N–H and O–H groups in total.